The summed E-state index contributed by atoms with van der Waals surface area (Å²) in [6.07, 6.45) is 0.0584. The third kappa shape index (κ3) is 5.43. The summed E-state index contributed by atoms with van der Waals surface area (Å²) in [5, 5.41) is 10.7. The number of methoxy groups -OCH3 is 1. The maximum atomic E-state index is 12.3. The van der Waals surface area contributed by atoms with Crippen molar-refractivity contribution in [2.24, 2.45) is 0 Å². The molecule has 0 radical (unpaired) electrons. The number of nitrogens with zero attached hydrogens (tertiary/aromatic N) is 2. The second-order valence-electron chi connectivity index (χ2n) is 6.17. The molecular formula is C18H20ClN5O4S. The molecule has 11 heteroatoms. The van der Waals surface area contributed by atoms with Gasteiger partial charge in [0, 0.05) is 37.8 Å². The van der Waals surface area contributed by atoms with E-state index in [0.717, 1.165) is 0 Å². The molecule has 1 aliphatic rings. The van der Waals surface area contributed by atoms with Crippen LogP contribution in [0.2, 0.25) is 5.02 Å². The number of carbonyl (C=O) groups is 3. The standard InChI is InChI=1S/C18H20ClN5O4S/c1-28-7-5-20-16(26)13-3-2-11(8-14(13)19)22-15(25)9-12-10-29-18(23-12)24-6-4-21-17(24)27/h2-3,8,10H,4-7,9H2,1H3,(H,20,26)(H,21,27)(H,22,25). The Bertz CT molecular complexity index is 919. The molecule has 0 aliphatic carbocycles. The predicted octanol–water partition coefficient (Wildman–Crippen LogP) is 1.88. The van der Waals surface area contributed by atoms with E-state index in [-0.39, 0.29) is 29.3 Å². The minimum atomic E-state index is -0.314. The van der Waals surface area contributed by atoms with Crippen LogP contribution in [0.4, 0.5) is 15.6 Å². The molecule has 3 N–H and O–H groups in total. The zero-order valence-corrected chi connectivity index (χ0v) is 17.2. The predicted molar refractivity (Wildman–Crippen MR) is 111 cm³/mol. The quantitative estimate of drug-likeness (QED) is 0.546. The molecule has 1 aromatic heterocycles. The fourth-order valence-corrected chi connectivity index (χ4v) is 3.78. The van der Waals surface area contributed by atoms with Gasteiger partial charge in [0.25, 0.3) is 5.91 Å². The summed E-state index contributed by atoms with van der Waals surface area (Å²) in [6.45, 7) is 1.91. The van der Waals surface area contributed by atoms with E-state index in [4.69, 9.17) is 16.3 Å². The number of rotatable bonds is 8. The molecule has 0 spiro atoms. The minimum Gasteiger partial charge on any atom is -0.383 e. The zero-order chi connectivity index (χ0) is 20.8. The minimum absolute atomic E-state index is 0.0584. The number of benzene rings is 1. The van der Waals surface area contributed by atoms with Gasteiger partial charge in [0.2, 0.25) is 5.91 Å². The van der Waals surface area contributed by atoms with Crippen LogP contribution in [-0.2, 0) is 16.0 Å². The molecule has 29 heavy (non-hydrogen) atoms. The van der Waals surface area contributed by atoms with Gasteiger partial charge in [0.05, 0.1) is 29.3 Å². The van der Waals surface area contributed by atoms with E-state index in [1.165, 1.54) is 17.4 Å². The lowest BCUT2D eigenvalue weighted by molar-refractivity contribution is -0.115. The van der Waals surface area contributed by atoms with Crippen molar-refractivity contribution in [3.63, 3.8) is 0 Å². The van der Waals surface area contributed by atoms with Crippen molar-refractivity contribution in [2.75, 3.05) is 43.6 Å². The van der Waals surface area contributed by atoms with Crippen LogP contribution in [-0.4, -0.2) is 56.2 Å². The van der Waals surface area contributed by atoms with Crippen LogP contribution in [0.15, 0.2) is 23.6 Å². The molecule has 1 saturated heterocycles. The van der Waals surface area contributed by atoms with E-state index in [0.29, 0.717) is 48.3 Å². The molecule has 0 bridgehead atoms. The number of hydrogen-bond donors (Lipinski definition) is 3. The summed E-state index contributed by atoms with van der Waals surface area (Å²) < 4.78 is 4.88. The summed E-state index contributed by atoms with van der Waals surface area (Å²) in [5.74, 6) is -0.591. The molecule has 3 rings (SSSR count). The van der Waals surface area contributed by atoms with Gasteiger partial charge in [-0.1, -0.05) is 11.6 Å². The molecular weight excluding hydrogens is 418 g/mol. The Labute approximate surface area is 176 Å². The van der Waals surface area contributed by atoms with E-state index in [9.17, 15) is 14.4 Å². The van der Waals surface area contributed by atoms with Gasteiger partial charge in [0.15, 0.2) is 5.13 Å². The highest BCUT2D eigenvalue weighted by atomic mass is 35.5. The van der Waals surface area contributed by atoms with Crippen molar-refractivity contribution in [1.29, 1.82) is 0 Å². The summed E-state index contributed by atoms with van der Waals surface area (Å²) in [5.41, 5.74) is 1.36. The van der Waals surface area contributed by atoms with Gasteiger partial charge >= 0.3 is 6.03 Å². The lowest BCUT2D eigenvalue weighted by atomic mass is 10.2. The number of nitrogens with one attached hydrogen (secondary N) is 3. The molecule has 2 aromatic rings. The zero-order valence-electron chi connectivity index (χ0n) is 15.7. The number of anilines is 2. The Hall–Kier alpha value is -2.69. The monoisotopic (exact) mass is 437 g/mol. The smallest absolute Gasteiger partial charge is 0.323 e. The van der Waals surface area contributed by atoms with Crippen LogP contribution in [0.5, 0.6) is 0 Å². The van der Waals surface area contributed by atoms with Crippen molar-refractivity contribution >= 4 is 51.6 Å². The molecule has 0 saturated carbocycles. The summed E-state index contributed by atoms with van der Waals surface area (Å²) >= 11 is 7.49. The van der Waals surface area contributed by atoms with Crippen molar-refractivity contribution in [2.45, 2.75) is 6.42 Å². The Balaban J connectivity index is 1.57. The SMILES string of the molecule is COCCNC(=O)c1ccc(NC(=O)Cc2csc(N3CCNC3=O)n2)cc1Cl. The Morgan fingerprint density at radius 2 is 2.24 bits per heavy atom. The van der Waals surface area contributed by atoms with E-state index < -0.39 is 0 Å². The first kappa shape index (κ1) is 21.0. The molecule has 1 aromatic carbocycles. The highest BCUT2D eigenvalue weighted by molar-refractivity contribution is 7.14. The number of ether oxygens (including phenoxy) is 1. The van der Waals surface area contributed by atoms with Crippen molar-refractivity contribution in [1.82, 2.24) is 15.6 Å². The Morgan fingerprint density at radius 3 is 2.93 bits per heavy atom. The normalized spacial score (nSPS) is 13.3. The summed E-state index contributed by atoms with van der Waals surface area (Å²) in [7, 11) is 1.55. The van der Waals surface area contributed by atoms with Crippen LogP contribution in [0.3, 0.4) is 0 Å². The van der Waals surface area contributed by atoms with Gasteiger partial charge in [-0.3, -0.25) is 14.5 Å². The molecule has 2 heterocycles. The molecule has 154 valence electrons. The summed E-state index contributed by atoms with van der Waals surface area (Å²) in [6, 6.07) is 4.49. The third-order valence-corrected chi connectivity index (χ3v) is 5.28. The first-order valence-corrected chi connectivity index (χ1v) is 10.1. The summed E-state index contributed by atoms with van der Waals surface area (Å²) in [4.78, 5) is 42.0. The molecule has 1 fully saturated rings. The molecule has 1 aliphatic heterocycles. The molecule has 9 nitrogen and oxygen atoms in total. The Kier molecular flexibility index (Phi) is 7.02. The molecule has 0 atom stereocenters. The first-order valence-electron chi connectivity index (χ1n) is 8.84. The van der Waals surface area contributed by atoms with Crippen molar-refractivity contribution in [3.8, 4) is 0 Å². The molecule has 4 amide bonds. The Morgan fingerprint density at radius 1 is 1.41 bits per heavy atom. The number of hydrogen-bond acceptors (Lipinski definition) is 6. The lowest BCUT2D eigenvalue weighted by Gasteiger charge is -2.09. The van der Waals surface area contributed by atoms with E-state index in [2.05, 4.69) is 20.9 Å². The average Bonchev–Trinajstić information content (AvgIpc) is 3.30. The molecule has 0 unspecified atom stereocenters. The third-order valence-electron chi connectivity index (χ3n) is 4.06. The van der Waals surface area contributed by atoms with Crippen molar-refractivity contribution in [3.05, 3.63) is 39.9 Å². The van der Waals surface area contributed by atoms with Crippen LogP contribution >= 0.6 is 22.9 Å². The highest BCUT2D eigenvalue weighted by Gasteiger charge is 2.24. The van der Waals surface area contributed by atoms with Gasteiger partial charge in [-0.15, -0.1) is 11.3 Å². The van der Waals surface area contributed by atoms with E-state index >= 15 is 0 Å². The second-order valence-corrected chi connectivity index (χ2v) is 7.42. The maximum Gasteiger partial charge on any atom is 0.323 e. The van der Waals surface area contributed by atoms with E-state index in [1.807, 2.05) is 0 Å². The van der Waals surface area contributed by atoms with Crippen molar-refractivity contribution < 1.29 is 19.1 Å². The average molecular weight is 438 g/mol. The van der Waals surface area contributed by atoms with Gasteiger partial charge in [-0.2, -0.15) is 0 Å². The number of aromatic nitrogens is 1. The number of halogens is 1. The number of urea groups is 1. The second kappa shape index (κ2) is 9.68. The van der Waals surface area contributed by atoms with Gasteiger partial charge < -0.3 is 20.7 Å². The topological polar surface area (TPSA) is 113 Å². The highest BCUT2D eigenvalue weighted by Crippen LogP contribution is 2.23. The fourth-order valence-electron chi connectivity index (χ4n) is 2.66. The number of thiazole rings is 1. The van der Waals surface area contributed by atoms with Gasteiger partial charge in [-0.25, -0.2) is 9.78 Å². The maximum absolute atomic E-state index is 12.3. The largest absolute Gasteiger partial charge is 0.383 e. The van der Waals surface area contributed by atoms with Crippen LogP contribution in [0.1, 0.15) is 16.1 Å². The van der Waals surface area contributed by atoms with Gasteiger partial charge in [-0.05, 0) is 18.2 Å². The van der Waals surface area contributed by atoms with E-state index in [1.54, 1.807) is 29.5 Å². The van der Waals surface area contributed by atoms with Gasteiger partial charge in [0.1, 0.15) is 0 Å². The number of amides is 4. The first-order chi connectivity index (χ1) is 14.0. The number of carbonyl (C=O) groups excluding carboxylic acids is 3. The van der Waals surface area contributed by atoms with Crippen LogP contribution in [0, 0.1) is 0 Å². The van der Waals surface area contributed by atoms with Crippen LogP contribution < -0.4 is 20.9 Å². The fraction of sp³-hybridized carbons (Fsp3) is 0.333. The van der Waals surface area contributed by atoms with Crippen LogP contribution in [0.25, 0.3) is 0 Å². The lowest BCUT2D eigenvalue weighted by Crippen LogP contribution is -2.27.